The van der Waals surface area contributed by atoms with E-state index in [0.717, 1.165) is 12.3 Å². The summed E-state index contributed by atoms with van der Waals surface area (Å²) in [6.07, 6.45) is 18.9. The maximum Gasteiger partial charge on any atom is 0.0259 e. The lowest BCUT2D eigenvalue weighted by Crippen LogP contribution is -2.65. The zero-order valence-corrected chi connectivity index (χ0v) is 13.5. The Hall–Kier alpha value is -0.820. The summed E-state index contributed by atoms with van der Waals surface area (Å²) in [7, 11) is 0. The number of rotatable bonds is 1. The average Bonchev–Trinajstić information content (AvgIpc) is 2.82. The highest BCUT2D eigenvalue weighted by Crippen LogP contribution is 2.43. The molecule has 0 aromatic heterocycles. The Morgan fingerprint density at radius 1 is 1.05 bits per heavy atom. The van der Waals surface area contributed by atoms with E-state index in [1.807, 2.05) is 13.8 Å². The first-order chi connectivity index (χ1) is 9.80. The third-order valence-corrected chi connectivity index (χ3v) is 5.06. The number of allylic oxidation sites excluding steroid dienone is 5. The highest BCUT2D eigenvalue weighted by Gasteiger charge is 2.46. The zero-order chi connectivity index (χ0) is 14.4. The molecule has 1 atom stereocenters. The molecule has 20 heavy (non-hydrogen) atoms. The summed E-state index contributed by atoms with van der Waals surface area (Å²) in [6, 6.07) is 0. The summed E-state index contributed by atoms with van der Waals surface area (Å²) in [6.45, 7) is 7.39. The van der Waals surface area contributed by atoms with Gasteiger partial charge in [-0.2, -0.15) is 0 Å². The van der Waals surface area contributed by atoms with E-state index in [2.05, 4.69) is 36.5 Å². The molecular weight excluding hydrogens is 242 g/mol. The van der Waals surface area contributed by atoms with Gasteiger partial charge >= 0.3 is 0 Å². The molecule has 1 nitrogen and oxygen atoms in total. The summed E-state index contributed by atoms with van der Waals surface area (Å²) in [5, 5.41) is 3.79. The minimum atomic E-state index is 0.461. The molecule has 2 aliphatic carbocycles. The van der Waals surface area contributed by atoms with Crippen molar-refractivity contribution >= 4 is 0 Å². The van der Waals surface area contributed by atoms with Crippen LogP contribution in [0.25, 0.3) is 0 Å². The van der Waals surface area contributed by atoms with Crippen LogP contribution < -0.4 is 5.32 Å². The first-order valence-corrected chi connectivity index (χ1v) is 8.59. The van der Waals surface area contributed by atoms with E-state index < -0.39 is 0 Å². The molecule has 1 saturated heterocycles. The van der Waals surface area contributed by atoms with Crippen LogP contribution in [-0.4, -0.2) is 12.1 Å². The molecule has 3 aliphatic rings. The van der Waals surface area contributed by atoms with Crippen molar-refractivity contribution in [2.75, 3.05) is 6.54 Å². The molecule has 1 spiro atoms. The fourth-order valence-corrected chi connectivity index (χ4v) is 3.86. The van der Waals surface area contributed by atoms with E-state index in [1.54, 1.807) is 5.57 Å². The topological polar surface area (TPSA) is 12.0 Å². The normalized spacial score (nSPS) is 28.2. The lowest BCUT2D eigenvalue weighted by Gasteiger charge is -2.52. The second kappa shape index (κ2) is 7.26. The maximum atomic E-state index is 3.79. The van der Waals surface area contributed by atoms with Crippen LogP contribution in [-0.2, 0) is 0 Å². The molecule has 1 saturated carbocycles. The van der Waals surface area contributed by atoms with Crippen LogP contribution in [0.15, 0.2) is 35.5 Å². The van der Waals surface area contributed by atoms with Crippen molar-refractivity contribution in [3.8, 4) is 0 Å². The van der Waals surface area contributed by atoms with Gasteiger partial charge in [0.25, 0.3) is 0 Å². The fourth-order valence-electron chi connectivity index (χ4n) is 3.86. The predicted molar refractivity (Wildman–Crippen MR) is 88.9 cm³/mol. The van der Waals surface area contributed by atoms with Crippen molar-refractivity contribution in [3.63, 3.8) is 0 Å². The van der Waals surface area contributed by atoms with Gasteiger partial charge in [-0.1, -0.05) is 75.0 Å². The molecule has 1 heterocycles. The van der Waals surface area contributed by atoms with Crippen LogP contribution in [0.4, 0.5) is 0 Å². The van der Waals surface area contributed by atoms with Crippen LogP contribution in [0.3, 0.4) is 0 Å². The minimum Gasteiger partial charge on any atom is -0.310 e. The molecule has 0 amide bonds. The monoisotopic (exact) mass is 273 g/mol. The highest BCUT2D eigenvalue weighted by atomic mass is 15.1. The molecule has 1 aliphatic heterocycles. The third kappa shape index (κ3) is 3.25. The van der Waals surface area contributed by atoms with Crippen LogP contribution in [0, 0.1) is 5.92 Å². The molecular formula is C19H31N. The SMILES string of the molecule is CC.CC1=CC=C(C2CNC23CCCCCC3)CC=C1. The largest absolute Gasteiger partial charge is 0.310 e. The molecule has 1 heteroatoms. The summed E-state index contributed by atoms with van der Waals surface area (Å²) < 4.78 is 0. The van der Waals surface area contributed by atoms with E-state index in [0.29, 0.717) is 5.54 Å². The van der Waals surface area contributed by atoms with Crippen molar-refractivity contribution in [3.05, 3.63) is 35.5 Å². The van der Waals surface area contributed by atoms with Gasteiger partial charge in [0.05, 0.1) is 0 Å². The van der Waals surface area contributed by atoms with Crippen molar-refractivity contribution in [1.82, 2.24) is 5.32 Å². The fraction of sp³-hybridized carbons (Fsp3) is 0.684. The van der Waals surface area contributed by atoms with E-state index >= 15 is 0 Å². The molecule has 3 rings (SSSR count). The van der Waals surface area contributed by atoms with E-state index in [4.69, 9.17) is 0 Å². The minimum absolute atomic E-state index is 0.461. The first-order valence-electron chi connectivity index (χ1n) is 8.59. The Morgan fingerprint density at radius 2 is 1.75 bits per heavy atom. The van der Waals surface area contributed by atoms with Gasteiger partial charge in [0.15, 0.2) is 0 Å². The zero-order valence-electron chi connectivity index (χ0n) is 13.5. The smallest absolute Gasteiger partial charge is 0.0259 e. The van der Waals surface area contributed by atoms with Gasteiger partial charge in [-0.25, -0.2) is 0 Å². The number of hydrogen-bond acceptors (Lipinski definition) is 1. The van der Waals surface area contributed by atoms with E-state index in [1.165, 1.54) is 50.6 Å². The molecule has 1 N–H and O–H groups in total. The second-order valence-corrected chi connectivity index (χ2v) is 6.26. The summed E-state index contributed by atoms with van der Waals surface area (Å²) in [4.78, 5) is 0. The summed E-state index contributed by atoms with van der Waals surface area (Å²) >= 11 is 0. The summed E-state index contributed by atoms with van der Waals surface area (Å²) in [5.74, 6) is 0.794. The molecule has 0 aromatic rings. The predicted octanol–water partition coefficient (Wildman–Crippen LogP) is 5.16. The van der Waals surface area contributed by atoms with Crippen LogP contribution >= 0.6 is 0 Å². The second-order valence-electron chi connectivity index (χ2n) is 6.26. The lowest BCUT2D eigenvalue weighted by molar-refractivity contribution is 0.106. The quantitative estimate of drug-likeness (QED) is 0.696. The molecule has 0 radical (unpaired) electrons. The van der Waals surface area contributed by atoms with Gasteiger partial charge in [0.2, 0.25) is 0 Å². The van der Waals surface area contributed by atoms with Crippen molar-refractivity contribution in [2.24, 2.45) is 5.92 Å². The van der Waals surface area contributed by atoms with Gasteiger partial charge < -0.3 is 5.32 Å². The van der Waals surface area contributed by atoms with Gasteiger partial charge in [0, 0.05) is 18.0 Å². The van der Waals surface area contributed by atoms with E-state index in [9.17, 15) is 0 Å². The van der Waals surface area contributed by atoms with Crippen LogP contribution in [0.2, 0.25) is 0 Å². The summed E-state index contributed by atoms with van der Waals surface area (Å²) in [5.41, 5.74) is 3.50. The average molecular weight is 273 g/mol. The third-order valence-electron chi connectivity index (χ3n) is 5.06. The van der Waals surface area contributed by atoms with Gasteiger partial charge in [-0.15, -0.1) is 0 Å². The molecule has 0 aromatic carbocycles. The Morgan fingerprint density at radius 3 is 2.35 bits per heavy atom. The molecule has 112 valence electrons. The molecule has 2 fully saturated rings. The standard InChI is InChI=1S/C17H25N.C2H6/c1-14-7-6-8-15(10-9-14)16-13-18-17(16)11-4-2-3-5-12-17;1-2/h6-7,9-10,16,18H,2-5,8,11-13H2,1H3;1-2H3. The molecule has 1 unspecified atom stereocenters. The van der Waals surface area contributed by atoms with Crippen LogP contribution in [0.1, 0.15) is 65.7 Å². The van der Waals surface area contributed by atoms with Gasteiger partial charge in [-0.05, 0) is 26.2 Å². The van der Waals surface area contributed by atoms with E-state index in [-0.39, 0.29) is 0 Å². The first kappa shape index (κ1) is 15.6. The number of nitrogens with one attached hydrogen (secondary N) is 1. The lowest BCUT2D eigenvalue weighted by atomic mass is 9.67. The number of hydrogen-bond donors (Lipinski definition) is 1. The van der Waals surface area contributed by atoms with Crippen LogP contribution in [0.5, 0.6) is 0 Å². The van der Waals surface area contributed by atoms with Gasteiger partial charge in [0.1, 0.15) is 0 Å². The highest BCUT2D eigenvalue weighted by molar-refractivity contribution is 5.34. The molecule has 0 bridgehead atoms. The Balaban J connectivity index is 0.000000704. The van der Waals surface area contributed by atoms with Crippen molar-refractivity contribution in [2.45, 2.75) is 71.3 Å². The Labute approximate surface area is 125 Å². The maximum absolute atomic E-state index is 3.79. The van der Waals surface area contributed by atoms with Crippen molar-refractivity contribution < 1.29 is 0 Å². The Bertz CT molecular complexity index is 392. The Kier molecular flexibility index (Phi) is 5.65. The van der Waals surface area contributed by atoms with Crippen molar-refractivity contribution in [1.29, 1.82) is 0 Å². The van der Waals surface area contributed by atoms with Gasteiger partial charge in [-0.3, -0.25) is 0 Å².